The van der Waals surface area contributed by atoms with Crippen LogP contribution in [-0.4, -0.2) is 23.7 Å². The minimum atomic E-state index is -0.874. The van der Waals surface area contributed by atoms with E-state index in [-0.39, 0.29) is 0 Å². The van der Waals surface area contributed by atoms with Crippen LogP contribution in [0.25, 0.3) is 0 Å². The maximum atomic E-state index is 10.2. The fourth-order valence-electron chi connectivity index (χ4n) is 2.27. The van der Waals surface area contributed by atoms with Crippen molar-refractivity contribution in [3.05, 3.63) is 12.2 Å². The molecule has 2 N–H and O–H groups in total. The molecule has 0 saturated heterocycles. The van der Waals surface area contributed by atoms with Crippen molar-refractivity contribution in [1.29, 1.82) is 0 Å². The molecule has 1 fully saturated rings. The Morgan fingerprint density at radius 1 is 1.60 bits per heavy atom. The average Bonchev–Trinajstić information content (AvgIpc) is 2.10. The Kier molecular flexibility index (Phi) is 4.33. The molecule has 0 aromatic heterocycles. The number of hydrogen-bond acceptors (Lipinski definition) is 2. The Balaban J connectivity index is 2.24. The Bertz CT molecular complexity index is 246. The third-order valence-corrected chi connectivity index (χ3v) is 2.99. The summed E-state index contributed by atoms with van der Waals surface area (Å²) in [5.74, 6) is -0.874. The van der Waals surface area contributed by atoms with E-state index >= 15 is 0 Å². The predicted molar refractivity (Wildman–Crippen MR) is 60.8 cm³/mol. The van der Waals surface area contributed by atoms with E-state index in [1.807, 2.05) is 0 Å². The van der Waals surface area contributed by atoms with Crippen molar-refractivity contribution in [3.63, 3.8) is 0 Å². The van der Waals surface area contributed by atoms with Gasteiger partial charge in [-0.05, 0) is 24.7 Å². The van der Waals surface area contributed by atoms with Gasteiger partial charge in [-0.25, -0.2) is 4.79 Å². The average molecular weight is 211 g/mol. The Morgan fingerprint density at radius 3 is 2.93 bits per heavy atom. The van der Waals surface area contributed by atoms with Crippen molar-refractivity contribution >= 4 is 5.97 Å². The summed E-state index contributed by atoms with van der Waals surface area (Å²) >= 11 is 0. The summed E-state index contributed by atoms with van der Waals surface area (Å²) in [6.45, 7) is 5.26. The molecule has 1 aliphatic rings. The van der Waals surface area contributed by atoms with Crippen molar-refractivity contribution in [2.24, 2.45) is 5.41 Å². The monoisotopic (exact) mass is 211 g/mol. The lowest BCUT2D eigenvalue weighted by atomic mass is 9.75. The fraction of sp³-hybridized carbons (Fsp3) is 0.750. The van der Waals surface area contributed by atoms with Crippen LogP contribution in [-0.2, 0) is 4.79 Å². The normalized spacial score (nSPS) is 25.6. The van der Waals surface area contributed by atoms with Crippen LogP contribution in [0.3, 0.4) is 0 Å². The summed E-state index contributed by atoms with van der Waals surface area (Å²) in [5, 5.41) is 11.8. The first-order valence-electron chi connectivity index (χ1n) is 5.62. The lowest BCUT2D eigenvalue weighted by Gasteiger charge is -2.35. The number of aliphatic carboxylic acids is 1. The van der Waals surface area contributed by atoms with Crippen LogP contribution in [0.5, 0.6) is 0 Å². The van der Waals surface area contributed by atoms with Crippen LogP contribution < -0.4 is 5.32 Å². The molecular weight excluding hydrogens is 190 g/mol. The molecule has 0 radical (unpaired) electrons. The van der Waals surface area contributed by atoms with Gasteiger partial charge in [0.2, 0.25) is 0 Å². The van der Waals surface area contributed by atoms with Crippen LogP contribution in [0.2, 0.25) is 0 Å². The molecule has 0 heterocycles. The van der Waals surface area contributed by atoms with Crippen LogP contribution in [0.4, 0.5) is 0 Å². The molecule has 3 heteroatoms. The summed E-state index contributed by atoms with van der Waals surface area (Å²) in [5.41, 5.74) is 0.437. The maximum absolute atomic E-state index is 10.2. The molecule has 1 unspecified atom stereocenters. The molecule has 1 rings (SSSR count). The van der Waals surface area contributed by atoms with Gasteiger partial charge in [0.1, 0.15) is 0 Å². The molecule has 1 atom stereocenters. The Labute approximate surface area is 91.6 Å². The quantitative estimate of drug-likeness (QED) is 0.701. The first-order valence-corrected chi connectivity index (χ1v) is 5.62. The molecular formula is C12H21NO2. The van der Waals surface area contributed by atoms with Gasteiger partial charge in [0.05, 0.1) is 0 Å². The van der Waals surface area contributed by atoms with Crippen LogP contribution in [0, 0.1) is 5.41 Å². The molecule has 0 aromatic rings. The molecule has 0 bridgehead atoms. The number of carboxylic acid groups (broad SMARTS) is 1. The molecule has 15 heavy (non-hydrogen) atoms. The van der Waals surface area contributed by atoms with Gasteiger partial charge in [0.25, 0.3) is 0 Å². The van der Waals surface area contributed by atoms with Gasteiger partial charge in [0, 0.05) is 18.7 Å². The van der Waals surface area contributed by atoms with Gasteiger partial charge < -0.3 is 10.4 Å². The van der Waals surface area contributed by atoms with E-state index in [4.69, 9.17) is 5.11 Å². The molecule has 0 spiro atoms. The fourth-order valence-corrected chi connectivity index (χ4v) is 2.27. The highest BCUT2D eigenvalue weighted by Gasteiger charge is 2.27. The van der Waals surface area contributed by atoms with Crippen molar-refractivity contribution in [1.82, 2.24) is 5.32 Å². The summed E-state index contributed by atoms with van der Waals surface area (Å²) in [4.78, 5) is 10.2. The number of carboxylic acids is 1. The van der Waals surface area contributed by atoms with E-state index in [1.54, 1.807) is 6.08 Å². The van der Waals surface area contributed by atoms with Crippen molar-refractivity contribution < 1.29 is 9.90 Å². The van der Waals surface area contributed by atoms with Gasteiger partial charge in [-0.15, -0.1) is 0 Å². The Hall–Kier alpha value is -0.830. The van der Waals surface area contributed by atoms with E-state index < -0.39 is 5.97 Å². The van der Waals surface area contributed by atoms with E-state index in [2.05, 4.69) is 19.2 Å². The second-order valence-corrected chi connectivity index (χ2v) is 5.11. The lowest BCUT2D eigenvalue weighted by Crippen LogP contribution is -2.37. The number of carbonyl (C=O) groups is 1. The molecule has 0 aliphatic heterocycles. The summed E-state index contributed by atoms with van der Waals surface area (Å²) < 4.78 is 0. The van der Waals surface area contributed by atoms with Crippen molar-refractivity contribution in [3.8, 4) is 0 Å². The smallest absolute Gasteiger partial charge is 0.328 e. The summed E-state index contributed by atoms with van der Waals surface area (Å²) in [7, 11) is 0. The molecule has 3 nitrogen and oxygen atoms in total. The third kappa shape index (κ3) is 4.98. The summed E-state index contributed by atoms with van der Waals surface area (Å²) in [6, 6.07) is 0.548. The number of nitrogens with one attached hydrogen (secondary N) is 1. The maximum Gasteiger partial charge on any atom is 0.328 e. The van der Waals surface area contributed by atoms with Gasteiger partial charge in [-0.2, -0.15) is 0 Å². The van der Waals surface area contributed by atoms with E-state index in [0.717, 1.165) is 0 Å². The minimum absolute atomic E-state index is 0.437. The molecule has 0 amide bonds. The van der Waals surface area contributed by atoms with Crippen LogP contribution >= 0.6 is 0 Å². The SMILES string of the molecule is CC1(C)CCCC(NC/C=C/C(=O)O)C1. The molecule has 1 saturated carbocycles. The van der Waals surface area contributed by atoms with E-state index in [1.165, 1.54) is 31.8 Å². The largest absolute Gasteiger partial charge is 0.478 e. The van der Waals surface area contributed by atoms with E-state index in [0.29, 0.717) is 18.0 Å². The third-order valence-electron chi connectivity index (χ3n) is 2.99. The van der Waals surface area contributed by atoms with Gasteiger partial charge in [-0.1, -0.05) is 26.3 Å². The topological polar surface area (TPSA) is 49.3 Å². The first-order chi connectivity index (χ1) is 6.99. The number of rotatable bonds is 4. The summed E-state index contributed by atoms with van der Waals surface area (Å²) in [6.07, 6.45) is 7.84. The minimum Gasteiger partial charge on any atom is -0.478 e. The highest BCUT2D eigenvalue weighted by molar-refractivity contribution is 5.79. The standard InChI is InChI=1S/C12H21NO2/c1-12(2)7-3-5-10(9-12)13-8-4-6-11(14)15/h4,6,10,13H,3,5,7-9H2,1-2H3,(H,14,15)/b6-4+. The molecule has 1 aliphatic carbocycles. The zero-order valence-electron chi connectivity index (χ0n) is 9.62. The van der Waals surface area contributed by atoms with Crippen LogP contribution in [0.15, 0.2) is 12.2 Å². The van der Waals surface area contributed by atoms with Crippen LogP contribution in [0.1, 0.15) is 39.5 Å². The zero-order valence-corrected chi connectivity index (χ0v) is 9.62. The predicted octanol–water partition coefficient (Wildman–Crippen LogP) is 2.19. The lowest BCUT2D eigenvalue weighted by molar-refractivity contribution is -0.131. The molecule has 86 valence electrons. The van der Waals surface area contributed by atoms with Gasteiger partial charge >= 0.3 is 5.97 Å². The van der Waals surface area contributed by atoms with E-state index in [9.17, 15) is 4.79 Å². The Morgan fingerprint density at radius 2 is 2.33 bits per heavy atom. The highest BCUT2D eigenvalue weighted by atomic mass is 16.4. The van der Waals surface area contributed by atoms with Gasteiger partial charge in [-0.3, -0.25) is 0 Å². The first kappa shape index (κ1) is 12.2. The van der Waals surface area contributed by atoms with Crippen molar-refractivity contribution in [2.75, 3.05) is 6.54 Å². The molecule has 0 aromatic carbocycles. The van der Waals surface area contributed by atoms with Crippen molar-refractivity contribution in [2.45, 2.75) is 45.6 Å². The van der Waals surface area contributed by atoms with Gasteiger partial charge in [0.15, 0.2) is 0 Å². The zero-order chi connectivity index (χ0) is 11.3. The number of hydrogen-bond donors (Lipinski definition) is 2. The second-order valence-electron chi connectivity index (χ2n) is 5.11. The second kappa shape index (κ2) is 5.31. The highest BCUT2D eigenvalue weighted by Crippen LogP contribution is 2.34.